The second kappa shape index (κ2) is 3.66. The molecule has 0 spiro atoms. The molecule has 1 rings (SSSR count). The zero-order valence-corrected chi connectivity index (χ0v) is 6.98. The molecule has 0 saturated heterocycles. The number of hydrogen-bond donors (Lipinski definition) is 1. The Bertz CT molecular complexity index is 302. The van der Waals surface area contributed by atoms with Gasteiger partial charge in [-0.2, -0.15) is 10.2 Å². The van der Waals surface area contributed by atoms with E-state index in [2.05, 4.69) is 15.6 Å². The Hall–Kier alpha value is -1.65. The highest BCUT2D eigenvalue weighted by Gasteiger charge is 1.98. The zero-order chi connectivity index (χ0) is 8.97. The Kier molecular flexibility index (Phi) is 2.57. The van der Waals surface area contributed by atoms with Crippen molar-refractivity contribution < 1.29 is 4.79 Å². The van der Waals surface area contributed by atoms with E-state index >= 15 is 0 Å². The summed E-state index contributed by atoms with van der Waals surface area (Å²) in [6.45, 7) is 1.80. The van der Waals surface area contributed by atoms with Gasteiger partial charge in [-0.3, -0.25) is 9.48 Å². The number of hydrazone groups is 1. The first-order chi connectivity index (χ1) is 5.74. The van der Waals surface area contributed by atoms with Gasteiger partial charge in [-0.15, -0.1) is 0 Å². The zero-order valence-electron chi connectivity index (χ0n) is 6.98. The fourth-order valence-electron chi connectivity index (χ4n) is 0.796. The van der Waals surface area contributed by atoms with Crippen LogP contribution in [0.25, 0.3) is 0 Å². The SMILES string of the molecule is C/C(=N\NC=O)c1cnn(C)c1. The molecule has 0 atom stereocenters. The minimum atomic E-state index is 0.528. The Morgan fingerprint density at radius 1 is 1.83 bits per heavy atom. The van der Waals surface area contributed by atoms with Crippen LogP contribution in [0.2, 0.25) is 0 Å². The molecule has 0 aliphatic carbocycles. The molecule has 1 aromatic heterocycles. The van der Waals surface area contributed by atoms with Crippen LogP contribution in [0.3, 0.4) is 0 Å². The third-order valence-electron chi connectivity index (χ3n) is 1.41. The molecule has 5 heteroatoms. The smallest absolute Gasteiger partial charge is 0.227 e. The summed E-state index contributed by atoms with van der Waals surface area (Å²) >= 11 is 0. The lowest BCUT2D eigenvalue weighted by Gasteiger charge is -1.92. The number of nitrogens with zero attached hydrogens (tertiary/aromatic N) is 3. The first-order valence-corrected chi connectivity index (χ1v) is 3.46. The third-order valence-corrected chi connectivity index (χ3v) is 1.41. The summed E-state index contributed by atoms with van der Waals surface area (Å²) in [5, 5.41) is 7.74. The molecule has 0 fully saturated rings. The molecule has 0 radical (unpaired) electrons. The van der Waals surface area contributed by atoms with E-state index in [0.29, 0.717) is 6.41 Å². The normalized spacial score (nSPS) is 11.3. The first kappa shape index (κ1) is 8.45. The monoisotopic (exact) mass is 166 g/mol. The Labute approximate surface area is 70.1 Å². The van der Waals surface area contributed by atoms with Crippen LogP contribution in [0.1, 0.15) is 12.5 Å². The van der Waals surface area contributed by atoms with E-state index in [9.17, 15) is 4.79 Å². The molecule has 12 heavy (non-hydrogen) atoms. The molecule has 1 N–H and O–H groups in total. The number of carbonyl (C=O) groups is 1. The van der Waals surface area contributed by atoms with Gasteiger partial charge < -0.3 is 0 Å². The van der Waals surface area contributed by atoms with Crippen molar-refractivity contribution >= 4 is 12.1 Å². The summed E-state index contributed by atoms with van der Waals surface area (Å²) in [6, 6.07) is 0. The average molecular weight is 166 g/mol. The standard InChI is InChI=1S/C7H10N4O/c1-6(10-8-5-12)7-3-9-11(2)4-7/h3-5H,1-2H3,(H,8,12)/b10-6+. The van der Waals surface area contributed by atoms with Crippen molar-refractivity contribution in [3.8, 4) is 0 Å². The van der Waals surface area contributed by atoms with Gasteiger partial charge in [0.2, 0.25) is 6.41 Å². The first-order valence-electron chi connectivity index (χ1n) is 3.46. The number of rotatable bonds is 3. The number of carbonyl (C=O) groups excluding carboxylic acids is 1. The molecule has 0 aliphatic rings. The summed E-state index contributed by atoms with van der Waals surface area (Å²) < 4.78 is 1.68. The predicted octanol–water partition coefficient (Wildman–Crippen LogP) is -0.110. The van der Waals surface area contributed by atoms with Gasteiger partial charge in [-0.1, -0.05) is 0 Å². The van der Waals surface area contributed by atoms with E-state index in [0.717, 1.165) is 11.3 Å². The van der Waals surface area contributed by atoms with Crippen LogP contribution in [0, 0.1) is 0 Å². The molecule has 0 bridgehead atoms. The van der Waals surface area contributed by atoms with Gasteiger partial charge in [0, 0.05) is 18.8 Å². The van der Waals surface area contributed by atoms with Crippen molar-refractivity contribution in [2.75, 3.05) is 0 Å². The van der Waals surface area contributed by atoms with Gasteiger partial charge in [0.25, 0.3) is 0 Å². The van der Waals surface area contributed by atoms with Crippen molar-refractivity contribution in [3.63, 3.8) is 0 Å². The predicted molar refractivity (Wildman–Crippen MR) is 44.6 cm³/mol. The molecule has 0 aromatic carbocycles. The van der Waals surface area contributed by atoms with Crippen LogP contribution >= 0.6 is 0 Å². The van der Waals surface area contributed by atoms with E-state index in [1.54, 1.807) is 17.8 Å². The van der Waals surface area contributed by atoms with Crippen LogP contribution < -0.4 is 5.43 Å². The van der Waals surface area contributed by atoms with E-state index in [1.807, 2.05) is 13.2 Å². The second-order valence-corrected chi connectivity index (χ2v) is 2.35. The van der Waals surface area contributed by atoms with Crippen molar-refractivity contribution in [3.05, 3.63) is 18.0 Å². The molecule has 1 amide bonds. The second-order valence-electron chi connectivity index (χ2n) is 2.35. The minimum Gasteiger partial charge on any atom is -0.277 e. The number of aromatic nitrogens is 2. The van der Waals surface area contributed by atoms with Gasteiger partial charge in [-0.25, -0.2) is 5.43 Å². The minimum absolute atomic E-state index is 0.528. The summed E-state index contributed by atoms with van der Waals surface area (Å²) in [7, 11) is 1.82. The Morgan fingerprint density at radius 2 is 2.58 bits per heavy atom. The maximum atomic E-state index is 9.91. The van der Waals surface area contributed by atoms with Crippen LogP contribution in [-0.4, -0.2) is 21.9 Å². The highest BCUT2D eigenvalue weighted by molar-refractivity contribution is 5.98. The fourth-order valence-corrected chi connectivity index (χ4v) is 0.796. The van der Waals surface area contributed by atoms with Crippen LogP contribution in [0.5, 0.6) is 0 Å². The summed E-state index contributed by atoms with van der Waals surface area (Å²) in [4.78, 5) is 9.91. The fraction of sp³-hybridized carbons (Fsp3) is 0.286. The lowest BCUT2D eigenvalue weighted by Crippen LogP contribution is -2.05. The number of nitrogens with one attached hydrogen (secondary N) is 1. The number of aryl methyl sites for hydroxylation is 1. The summed E-state index contributed by atoms with van der Waals surface area (Å²) in [5.41, 5.74) is 3.85. The van der Waals surface area contributed by atoms with Crippen molar-refractivity contribution in [1.82, 2.24) is 15.2 Å². The van der Waals surface area contributed by atoms with E-state index in [4.69, 9.17) is 0 Å². The van der Waals surface area contributed by atoms with Gasteiger partial charge in [0.15, 0.2) is 0 Å². The van der Waals surface area contributed by atoms with Gasteiger partial charge in [0.1, 0.15) is 0 Å². The summed E-state index contributed by atoms with van der Waals surface area (Å²) in [6.07, 6.45) is 4.04. The van der Waals surface area contributed by atoms with Crippen molar-refractivity contribution in [2.45, 2.75) is 6.92 Å². The quantitative estimate of drug-likeness (QED) is 0.387. The lowest BCUT2D eigenvalue weighted by atomic mass is 10.2. The van der Waals surface area contributed by atoms with Gasteiger partial charge >= 0.3 is 0 Å². The lowest BCUT2D eigenvalue weighted by molar-refractivity contribution is -0.109. The number of amides is 1. The highest BCUT2D eigenvalue weighted by atomic mass is 16.1. The molecule has 0 saturated carbocycles. The van der Waals surface area contributed by atoms with Crippen LogP contribution in [0.15, 0.2) is 17.5 Å². The van der Waals surface area contributed by atoms with Crippen molar-refractivity contribution in [1.29, 1.82) is 0 Å². The van der Waals surface area contributed by atoms with E-state index < -0.39 is 0 Å². The largest absolute Gasteiger partial charge is 0.277 e. The van der Waals surface area contributed by atoms with E-state index in [1.165, 1.54) is 0 Å². The maximum absolute atomic E-state index is 9.91. The van der Waals surface area contributed by atoms with Crippen molar-refractivity contribution in [2.24, 2.45) is 12.1 Å². The van der Waals surface area contributed by atoms with E-state index in [-0.39, 0.29) is 0 Å². The molecular formula is C7H10N4O. The molecule has 5 nitrogen and oxygen atoms in total. The summed E-state index contributed by atoms with van der Waals surface area (Å²) in [5.74, 6) is 0. The highest BCUT2D eigenvalue weighted by Crippen LogP contribution is 1.97. The molecule has 1 heterocycles. The maximum Gasteiger partial charge on any atom is 0.227 e. The Balaban J connectivity index is 2.76. The topological polar surface area (TPSA) is 59.3 Å². The van der Waals surface area contributed by atoms with Crippen LogP contribution in [0.4, 0.5) is 0 Å². The number of hydrogen-bond acceptors (Lipinski definition) is 3. The molecule has 64 valence electrons. The van der Waals surface area contributed by atoms with Gasteiger partial charge in [-0.05, 0) is 6.92 Å². The molecule has 0 unspecified atom stereocenters. The van der Waals surface area contributed by atoms with Gasteiger partial charge in [0.05, 0.1) is 11.9 Å². The average Bonchev–Trinajstić information content (AvgIpc) is 2.47. The molecular weight excluding hydrogens is 156 g/mol. The third kappa shape index (κ3) is 1.91. The Morgan fingerprint density at radius 3 is 3.08 bits per heavy atom. The van der Waals surface area contributed by atoms with Crippen LogP contribution in [-0.2, 0) is 11.8 Å². The molecule has 1 aromatic rings. The molecule has 0 aliphatic heterocycles.